The van der Waals surface area contributed by atoms with Crippen LogP contribution in [0.1, 0.15) is 37.0 Å². The second-order valence-corrected chi connectivity index (χ2v) is 6.81. The first-order valence-electron chi connectivity index (χ1n) is 9.42. The zero-order valence-electron chi connectivity index (χ0n) is 16.4. The first-order chi connectivity index (χ1) is 13.8. The molecule has 8 nitrogen and oxygen atoms in total. The van der Waals surface area contributed by atoms with Gasteiger partial charge in [-0.25, -0.2) is 14.2 Å². The van der Waals surface area contributed by atoms with Crippen LogP contribution in [0.3, 0.4) is 0 Å². The smallest absolute Gasteiger partial charge is 0.343 e. The number of carbonyl (C=O) groups is 2. The first-order valence-corrected chi connectivity index (χ1v) is 9.42. The van der Waals surface area contributed by atoms with Crippen LogP contribution in [0.4, 0.5) is 10.2 Å². The Balaban J connectivity index is 2.00. The number of nitrogens with one attached hydrogen (secondary N) is 1. The molecule has 0 aromatic carbocycles. The molecule has 9 heteroatoms. The molecule has 0 atom stereocenters. The number of fused-ring (bicyclic) bond motifs is 1. The van der Waals surface area contributed by atoms with Crippen LogP contribution in [-0.4, -0.2) is 47.2 Å². The molecule has 1 N–H and O–H groups in total. The van der Waals surface area contributed by atoms with Crippen LogP contribution in [0, 0.1) is 5.82 Å². The van der Waals surface area contributed by atoms with Crippen LogP contribution in [0.5, 0.6) is 0 Å². The molecule has 1 amide bonds. The van der Waals surface area contributed by atoms with Gasteiger partial charge in [0.15, 0.2) is 17.3 Å². The molecule has 3 heterocycles. The van der Waals surface area contributed by atoms with Crippen LogP contribution >= 0.6 is 0 Å². The number of rotatable bonds is 5. The van der Waals surface area contributed by atoms with Gasteiger partial charge in [-0.05, 0) is 25.8 Å². The van der Waals surface area contributed by atoms with E-state index in [1.54, 1.807) is 11.8 Å². The molecule has 0 saturated carbocycles. The molecule has 2 aromatic heterocycles. The average molecular weight is 402 g/mol. The Hall–Kier alpha value is -3.23. The van der Waals surface area contributed by atoms with Crippen molar-refractivity contribution in [3.05, 3.63) is 40.4 Å². The summed E-state index contributed by atoms with van der Waals surface area (Å²) in [4.78, 5) is 42.1. The van der Waals surface area contributed by atoms with Crippen LogP contribution in [0.15, 0.2) is 23.6 Å². The van der Waals surface area contributed by atoms with Crippen LogP contribution in [0.2, 0.25) is 0 Å². The number of anilines is 1. The number of nitrogens with zero attached hydrogens (tertiary/aromatic N) is 3. The number of aromatic nitrogens is 2. The molecule has 0 bridgehead atoms. The third-order valence-corrected chi connectivity index (χ3v) is 4.83. The summed E-state index contributed by atoms with van der Waals surface area (Å²) in [7, 11) is 0. The van der Waals surface area contributed by atoms with E-state index in [1.165, 1.54) is 23.9 Å². The van der Waals surface area contributed by atoms with Crippen molar-refractivity contribution in [2.45, 2.75) is 32.7 Å². The number of hydrogen-bond acceptors (Lipinski definition) is 6. The highest BCUT2D eigenvalue weighted by molar-refractivity contribution is 5.93. The number of pyridine rings is 2. The van der Waals surface area contributed by atoms with Gasteiger partial charge in [0.2, 0.25) is 11.3 Å². The molecule has 1 aliphatic rings. The Morgan fingerprint density at radius 1 is 1.41 bits per heavy atom. The minimum atomic E-state index is -0.778. The molecule has 29 heavy (non-hydrogen) atoms. The highest BCUT2D eigenvalue weighted by Crippen LogP contribution is 2.24. The standard InChI is InChI=1S/C20H23FN4O4/c1-4-24-11-15(20(28)29-5-2)17(27)14-10-16(21)19(23-18(14)24)25-8-6-13(7-9-25)22-12(3)26/h4,10-11,13H,1,5-9H2,2-3H3,(H,22,26). The van der Waals surface area contributed by atoms with E-state index in [0.29, 0.717) is 25.9 Å². The summed E-state index contributed by atoms with van der Waals surface area (Å²) in [6.45, 7) is 7.92. The topological polar surface area (TPSA) is 93.5 Å². The molecule has 0 radical (unpaired) electrons. The lowest BCUT2D eigenvalue weighted by atomic mass is 10.0. The summed E-state index contributed by atoms with van der Waals surface area (Å²) in [5, 5.41) is 2.85. The zero-order chi connectivity index (χ0) is 21.1. The van der Waals surface area contributed by atoms with Gasteiger partial charge in [0, 0.05) is 38.5 Å². The van der Waals surface area contributed by atoms with E-state index < -0.39 is 17.2 Å². The minimum Gasteiger partial charge on any atom is -0.462 e. The molecule has 2 aromatic rings. The van der Waals surface area contributed by atoms with Crippen LogP contribution < -0.4 is 15.6 Å². The fourth-order valence-corrected chi connectivity index (χ4v) is 3.48. The number of piperidine rings is 1. The van der Waals surface area contributed by atoms with Crippen molar-refractivity contribution in [1.82, 2.24) is 14.9 Å². The van der Waals surface area contributed by atoms with Gasteiger partial charge in [-0.1, -0.05) is 6.58 Å². The highest BCUT2D eigenvalue weighted by atomic mass is 19.1. The lowest BCUT2D eigenvalue weighted by molar-refractivity contribution is -0.119. The van der Waals surface area contributed by atoms with E-state index in [1.807, 2.05) is 0 Å². The minimum absolute atomic E-state index is 0.0233. The predicted molar refractivity (Wildman–Crippen MR) is 107 cm³/mol. The third-order valence-electron chi connectivity index (χ3n) is 4.83. The molecule has 0 aliphatic carbocycles. The second kappa shape index (κ2) is 8.42. The average Bonchev–Trinajstić information content (AvgIpc) is 2.69. The van der Waals surface area contributed by atoms with E-state index in [9.17, 15) is 18.8 Å². The van der Waals surface area contributed by atoms with Gasteiger partial charge in [-0.2, -0.15) is 0 Å². The molecule has 0 unspecified atom stereocenters. The van der Waals surface area contributed by atoms with Crippen molar-refractivity contribution in [3.8, 4) is 0 Å². The summed E-state index contributed by atoms with van der Waals surface area (Å²) in [5.74, 6) is -1.40. The summed E-state index contributed by atoms with van der Waals surface area (Å²) < 4.78 is 21.2. The molecule has 0 spiro atoms. The molecular weight excluding hydrogens is 379 g/mol. The van der Waals surface area contributed by atoms with E-state index in [0.717, 1.165) is 6.07 Å². The number of ether oxygens (including phenoxy) is 1. The van der Waals surface area contributed by atoms with Gasteiger partial charge in [0.05, 0.1) is 12.0 Å². The molecule has 1 aliphatic heterocycles. The van der Waals surface area contributed by atoms with Crippen molar-refractivity contribution < 1.29 is 18.7 Å². The Bertz CT molecular complexity index is 1030. The Kier molecular flexibility index (Phi) is 5.95. The monoisotopic (exact) mass is 402 g/mol. The summed E-state index contributed by atoms with van der Waals surface area (Å²) in [6.07, 6.45) is 4.01. The fraction of sp³-hybridized carbons (Fsp3) is 0.400. The van der Waals surface area contributed by atoms with Crippen LogP contribution in [0.25, 0.3) is 17.2 Å². The van der Waals surface area contributed by atoms with Gasteiger partial charge in [0.25, 0.3) is 0 Å². The van der Waals surface area contributed by atoms with Crippen molar-refractivity contribution in [1.29, 1.82) is 0 Å². The van der Waals surface area contributed by atoms with Gasteiger partial charge in [-0.15, -0.1) is 0 Å². The van der Waals surface area contributed by atoms with Crippen molar-refractivity contribution in [2.24, 2.45) is 0 Å². The molecule has 1 saturated heterocycles. The summed E-state index contributed by atoms with van der Waals surface area (Å²) >= 11 is 0. The summed E-state index contributed by atoms with van der Waals surface area (Å²) in [5.41, 5.74) is -0.637. The number of esters is 1. The lowest BCUT2D eigenvalue weighted by Crippen LogP contribution is -2.44. The zero-order valence-corrected chi connectivity index (χ0v) is 16.4. The van der Waals surface area contributed by atoms with E-state index in [2.05, 4.69) is 16.9 Å². The Morgan fingerprint density at radius 3 is 2.69 bits per heavy atom. The van der Waals surface area contributed by atoms with Crippen molar-refractivity contribution >= 4 is 34.9 Å². The Morgan fingerprint density at radius 2 is 2.10 bits per heavy atom. The van der Waals surface area contributed by atoms with Gasteiger partial charge < -0.3 is 19.5 Å². The normalized spacial score (nSPS) is 14.7. The number of amides is 1. The van der Waals surface area contributed by atoms with E-state index >= 15 is 0 Å². The largest absolute Gasteiger partial charge is 0.462 e. The van der Waals surface area contributed by atoms with Crippen LogP contribution in [-0.2, 0) is 9.53 Å². The maximum atomic E-state index is 14.8. The highest BCUT2D eigenvalue weighted by Gasteiger charge is 2.25. The predicted octanol–water partition coefficient (Wildman–Crippen LogP) is 1.92. The maximum Gasteiger partial charge on any atom is 0.343 e. The van der Waals surface area contributed by atoms with Gasteiger partial charge >= 0.3 is 5.97 Å². The quantitative estimate of drug-likeness (QED) is 0.768. The molecule has 1 fully saturated rings. The number of hydrogen-bond donors (Lipinski definition) is 1. The maximum absolute atomic E-state index is 14.8. The Labute approximate surface area is 167 Å². The SMILES string of the molecule is C=Cn1cc(C(=O)OCC)c(=O)c2cc(F)c(N3CCC(NC(C)=O)CC3)nc21. The van der Waals surface area contributed by atoms with Gasteiger partial charge in [0.1, 0.15) is 5.56 Å². The first kappa shape index (κ1) is 20.5. The molecule has 3 rings (SSSR count). The fourth-order valence-electron chi connectivity index (χ4n) is 3.48. The second-order valence-electron chi connectivity index (χ2n) is 6.81. The molecule has 154 valence electrons. The lowest BCUT2D eigenvalue weighted by Gasteiger charge is -2.33. The van der Waals surface area contributed by atoms with Gasteiger partial charge in [-0.3, -0.25) is 9.59 Å². The third kappa shape index (κ3) is 4.13. The van der Waals surface area contributed by atoms with Crippen molar-refractivity contribution in [2.75, 3.05) is 24.6 Å². The summed E-state index contributed by atoms with van der Waals surface area (Å²) in [6, 6.07) is 1.15. The number of carbonyl (C=O) groups excluding carboxylic acids is 2. The molecular formula is C20H23FN4O4. The number of halogens is 1. The van der Waals surface area contributed by atoms with Crippen molar-refractivity contribution in [3.63, 3.8) is 0 Å². The van der Waals surface area contributed by atoms with E-state index in [4.69, 9.17) is 4.74 Å². The van der Waals surface area contributed by atoms with E-state index in [-0.39, 0.29) is 41.0 Å².